The highest BCUT2D eigenvalue weighted by atomic mass is 127. The molecular formula is C17H26IN5O. The van der Waals surface area contributed by atoms with Crippen LogP contribution in [0.2, 0.25) is 0 Å². The fourth-order valence-corrected chi connectivity index (χ4v) is 2.11. The van der Waals surface area contributed by atoms with Crippen LogP contribution < -0.4 is 11.1 Å². The fraction of sp³-hybridized carbons (Fsp3) is 0.412. The summed E-state index contributed by atoms with van der Waals surface area (Å²) in [5, 5.41) is 7.50. The molecule has 1 aromatic heterocycles. The molecule has 1 aromatic carbocycles. The predicted molar refractivity (Wildman–Crippen MR) is 108 cm³/mol. The van der Waals surface area contributed by atoms with Gasteiger partial charge in [-0.1, -0.05) is 18.2 Å². The van der Waals surface area contributed by atoms with Crippen molar-refractivity contribution in [3.63, 3.8) is 0 Å². The Morgan fingerprint density at radius 1 is 1.33 bits per heavy atom. The van der Waals surface area contributed by atoms with Gasteiger partial charge in [-0.2, -0.15) is 5.10 Å². The molecule has 24 heavy (non-hydrogen) atoms. The maximum atomic E-state index is 5.83. The predicted octanol–water partition coefficient (Wildman–Crippen LogP) is 2.36. The van der Waals surface area contributed by atoms with Crippen molar-refractivity contribution in [2.75, 3.05) is 26.3 Å². The molecular weight excluding hydrogens is 417 g/mol. The second-order valence-electron chi connectivity index (χ2n) is 5.12. The summed E-state index contributed by atoms with van der Waals surface area (Å²) in [4.78, 5) is 4.26. The second kappa shape index (κ2) is 11.9. The quantitative estimate of drug-likeness (QED) is 0.270. The summed E-state index contributed by atoms with van der Waals surface area (Å²) >= 11 is 0. The Morgan fingerprint density at radius 2 is 2.12 bits per heavy atom. The molecule has 0 aliphatic rings. The van der Waals surface area contributed by atoms with E-state index >= 15 is 0 Å². The van der Waals surface area contributed by atoms with E-state index < -0.39 is 0 Å². The first-order valence-corrected chi connectivity index (χ1v) is 8.00. The Balaban J connectivity index is 0.00000288. The SMILES string of the molecule is CCOCCCN=C(N)NCCc1cnn(-c2ccccc2)c1.I. The van der Waals surface area contributed by atoms with Crippen LogP contribution in [0.5, 0.6) is 0 Å². The second-order valence-corrected chi connectivity index (χ2v) is 5.12. The highest BCUT2D eigenvalue weighted by molar-refractivity contribution is 14.0. The molecule has 132 valence electrons. The molecule has 0 spiro atoms. The number of aliphatic imine (C=N–C) groups is 1. The van der Waals surface area contributed by atoms with Crippen LogP contribution in [-0.4, -0.2) is 42.0 Å². The zero-order chi connectivity index (χ0) is 16.3. The summed E-state index contributed by atoms with van der Waals surface area (Å²) in [5.41, 5.74) is 8.04. The van der Waals surface area contributed by atoms with Crippen LogP contribution in [0.25, 0.3) is 5.69 Å². The topological polar surface area (TPSA) is 77.5 Å². The molecule has 7 heteroatoms. The van der Waals surface area contributed by atoms with E-state index in [-0.39, 0.29) is 24.0 Å². The molecule has 2 aromatic rings. The van der Waals surface area contributed by atoms with Gasteiger partial charge in [0, 0.05) is 32.5 Å². The number of halogens is 1. The molecule has 0 unspecified atom stereocenters. The smallest absolute Gasteiger partial charge is 0.188 e. The van der Waals surface area contributed by atoms with E-state index in [1.807, 2.05) is 54.3 Å². The van der Waals surface area contributed by atoms with Crippen molar-refractivity contribution in [1.29, 1.82) is 0 Å². The monoisotopic (exact) mass is 443 g/mol. The summed E-state index contributed by atoms with van der Waals surface area (Å²) in [5.74, 6) is 0.483. The van der Waals surface area contributed by atoms with E-state index in [1.54, 1.807) is 0 Å². The van der Waals surface area contributed by atoms with Crippen LogP contribution >= 0.6 is 24.0 Å². The van der Waals surface area contributed by atoms with E-state index in [1.165, 1.54) is 0 Å². The number of rotatable bonds is 9. The van der Waals surface area contributed by atoms with Crippen molar-refractivity contribution in [2.24, 2.45) is 10.7 Å². The summed E-state index contributed by atoms with van der Waals surface area (Å²) in [6.45, 7) is 4.88. The third-order valence-electron chi connectivity index (χ3n) is 3.31. The normalized spacial score (nSPS) is 11.1. The van der Waals surface area contributed by atoms with Gasteiger partial charge in [0.25, 0.3) is 0 Å². The number of nitrogens with zero attached hydrogens (tertiary/aromatic N) is 3. The van der Waals surface area contributed by atoms with Crippen molar-refractivity contribution >= 4 is 29.9 Å². The lowest BCUT2D eigenvalue weighted by Gasteiger charge is -2.04. The molecule has 0 saturated heterocycles. The van der Waals surface area contributed by atoms with Crippen molar-refractivity contribution in [1.82, 2.24) is 15.1 Å². The molecule has 0 fully saturated rings. The van der Waals surface area contributed by atoms with Crippen molar-refractivity contribution in [3.05, 3.63) is 48.3 Å². The maximum absolute atomic E-state index is 5.83. The first-order chi connectivity index (χ1) is 11.3. The van der Waals surface area contributed by atoms with E-state index in [4.69, 9.17) is 10.5 Å². The number of ether oxygens (including phenoxy) is 1. The molecule has 0 aliphatic carbocycles. The lowest BCUT2D eigenvalue weighted by molar-refractivity contribution is 0.146. The van der Waals surface area contributed by atoms with Gasteiger partial charge in [0.2, 0.25) is 0 Å². The standard InChI is InChI=1S/C17H25N5O.HI/c1-2-23-12-6-10-19-17(18)20-11-9-15-13-21-22(14-15)16-7-4-3-5-8-16;/h3-5,7-8,13-14H,2,6,9-12H2,1H3,(H3,18,19,20);1H. The van der Waals surface area contributed by atoms with Crippen LogP contribution in [0, 0.1) is 0 Å². The molecule has 2 rings (SSSR count). The molecule has 0 saturated carbocycles. The Hall–Kier alpha value is -1.61. The van der Waals surface area contributed by atoms with E-state index in [0.717, 1.165) is 43.9 Å². The summed E-state index contributed by atoms with van der Waals surface area (Å²) in [6.07, 6.45) is 5.65. The number of nitrogens with one attached hydrogen (secondary N) is 1. The zero-order valence-electron chi connectivity index (χ0n) is 14.0. The number of para-hydroxylation sites is 1. The lowest BCUT2D eigenvalue weighted by Crippen LogP contribution is -2.33. The fourth-order valence-electron chi connectivity index (χ4n) is 2.11. The van der Waals surface area contributed by atoms with Gasteiger partial charge in [-0.25, -0.2) is 4.68 Å². The number of benzene rings is 1. The van der Waals surface area contributed by atoms with E-state index in [0.29, 0.717) is 12.5 Å². The molecule has 0 amide bonds. The van der Waals surface area contributed by atoms with Gasteiger partial charge in [0.1, 0.15) is 0 Å². The number of aromatic nitrogens is 2. The van der Waals surface area contributed by atoms with Gasteiger partial charge >= 0.3 is 0 Å². The van der Waals surface area contributed by atoms with Gasteiger partial charge in [0.15, 0.2) is 5.96 Å². The molecule has 0 aliphatic heterocycles. The molecule has 3 N–H and O–H groups in total. The van der Waals surface area contributed by atoms with Crippen molar-refractivity contribution in [2.45, 2.75) is 19.8 Å². The Bertz CT molecular complexity index is 600. The van der Waals surface area contributed by atoms with Gasteiger partial charge in [0.05, 0.1) is 11.9 Å². The van der Waals surface area contributed by atoms with Gasteiger partial charge in [-0.3, -0.25) is 4.99 Å². The third-order valence-corrected chi connectivity index (χ3v) is 3.31. The summed E-state index contributed by atoms with van der Waals surface area (Å²) in [6, 6.07) is 10.1. The van der Waals surface area contributed by atoms with Crippen LogP contribution in [-0.2, 0) is 11.2 Å². The van der Waals surface area contributed by atoms with Gasteiger partial charge in [-0.15, -0.1) is 24.0 Å². The maximum Gasteiger partial charge on any atom is 0.188 e. The summed E-state index contributed by atoms with van der Waals surface area (Å²) < 4.78 is 7.13. The van der Waals surface area contributed by atoms with Crippen LogP contribution in [0.1, 0.15) is 18.9 Å². The number of hydrogen-bond donors (Lipinski definition) is 2. The lowest BCUT2D eigenvalue weighted by atomic mass is 10.2. The molecule has 1 heterocycles. The third kappa shape index (κ3) is 7.31. The first-order valence-electron chi connectivity index (χ1n) is 8.00. The summed E-state index contributed by atoms with van der Waals surface area (Å²) in [7, 11) is 0. The Labute approximate surface area is 160 Å². The minimum atomic E-state index is 0. The average molecular weight is 443 g/mol. The average Bonchev–Trinajstić information content (AvgIpc) is 3.04. The molecule has 0 bridgehead atoms. The Morgan fingerprint density at radius 3 is 2.88 bits per heavy atom. The minimum Gasteiger partial charge on any atom is -0.382 e. The van der Waals surface area contributed by atoms with Crippen LogP contribution in [0.4, 0.5) is 0 Å². The van der Waals surface area contributed by atoms with Crippen LogP contribution in [0.3, 0.4) is 0 Å². The van der Waals surface area contributed by atoms with Crippen LogP contribution in [0.15, 0.2) is 47.7 Å². The largest absolute Gasteiger partial charge is 0.382 e. The van der Waals surface area contributed by atoms with Gasteiger partial charge in [-0.05, 0) is 37.5 Å². The Kier molecular flexibility index (Phi) is 10.1. The molecule has 0 radical (unpaired) electrons. The molecule has 0 atom stereocenters. The molecule has 6 nitrogen and oxygen atoms in total. The number of guanidine groups is 1. The van der Waals surface area contributed by atoms with E-state index in [9.17, 15) is 0 Å². The zero-order valence-corrected chi connectivity index (χ0v) is 16.3. The van der Waals surface area contributed by atoms with Crippen molar-refractivity contribution < 1.29 is 4.74 Å². The highest BCUT2D eigenvalue weighted by Gasteiger charge is 2.01. The van der Waals surface area contributed by atoms with Gasteiger partial charge < -0.3 is 15.8 Å². The highest BCUT2D eigenvalue weighted by Crippen LogP contribution is 2.07. The number of nitrogens with two attached hydrogens (primary N) is 1. The van der Waals surface area contributed by atoms with E-state index in [2.05, 4.69) is 15.4 Å². The van der Waals surface area contributed by atoms with Crippen molar-refractivity contribution in [3.8, 4) is 5.69 Å². The number of hydrogen-bond acceptors (Lipinski definition) is 3. The first kappa shape index (κ1) is 20.4. The minimum absolute atomic E-state index is 0.